The minimum atomic E-state index is -0.937. The van der Waals surface area contributed by atoms with Gasteiger partial charge in [0.25, 0.3) is 0 Å². The molecular weight excluding hydrogens is 496 g/mol. The Hall–Kier alpha value is -5.22. The highest BCUT2D eigenvalue weighted by atomic mass is 16.4. The Kier molecular flexibility index (Phi) is 12.2. The molecule has 0 aliphatic heterocycles. The summed E-state index contributed by atoms with van der Waals surface area (Å²) in [5.41, 5.74) is 6.37. The molecule has 0 saturated heterocycles. The Labute approximate surface area is 235 Å². The van der Waals surface area contributed by atoms with Gasteiger partial charge >= 0.3 is 11.9 Å². The number of allylic oxidation sites excluding steroid dienone is 2. The summed E-state index contributed by atoms with van der Waals surface area (Å²) in [5.74, 6) is -1.87. The summed E-state index contributed by atoms with van der Waals surface area (Å²) in [6, 6.07) is 35.8. The number of hydrogen-bond acceptors (Lipinski definition) is 2. The van der Waals surface area contributed by atoms with E-state index in [1.807, 2.05) is 103 Å². The third-order valence-electron chi connectivity index (χ3n) is 5.80. The lowest BCUT2D eigenvalue weighted by atomic mass is 10.0. The first-order valence-corrected chi connectivity index (χ1v) is 12.9. The van der Waals surface area contributed by atoms with Crippen LogP contribution in [0.5, 0.6) is 0 Å². The average molecular weight is 529 g/mol. The maximum absolute atomic E-state index is 10.6. The van der Waals surface area contributed by atoms with E-state index in [0.29, 0.717) is 0 Å². The summed E-state index contributed by atoms with van der Waals surface area (Å²) >= 11 is 0. The quantitative estimate of drug-likeness (QED) is 0.204. The van der Waals surface area contributed by atoms with Crippen molar-refractivity contribution in [1.82, 2.24) is 0 Å². The Bertz CT molecular complexity index is 1480. The molecule has 0 heterocycles. The summed E-state index contributed by atoms with van der Waals surface area (Å²) in [6.07, 6.45) is 15.5. The van der Waals surface area contributed by atoms with Gasteiger partial charge in [0, 0.05) is 12.2 Å². The maximum Gasteiger partial charge on any atom is 0.328 e. The summed E-state index contributed by atoms with van der Waals surface area (Å²) in [4.78, 5) is 21.2. The van der Waals surface area contributed by atoms with Gasteiger partial charge in [-0.25, -0.2) is 9.59 Å². The highest BCUT2D eigenvalue weighted by molar-refractivity contribution is 5.86. The highest BCUT2D eigenvalue weighted by Gasteiger charge is 1.98. The molecule has 2 N–H and O–H groups in total. The molecule has 0 unspecified atom stereocenters. The average Bonchev–Trinajstić information content (AvgIpc) is 2.97. The van der Waals surface area contributed by atoms with Gasteiger partial charge in [-0.2, -0.15) is 0 Å². The van der Waals surface area contributed by atoms with Crippen LogP contribution >= 0.6 is 0 Å². The summed E-state index contributed by atoms with van der Waals surface area (Å²) in [6.45, 7) is 0. The van der Waals surface area contributed by atoms with Gasteiger partial charge in [-0.15, -0.1) is 0 Å². The maximum atomic E-state index is 10.6. The van der Waals surface area contributed by atoms with E-state index in [1.54, 1.807) is 12.2 Å². The SMILES string of the molecule is O=C(O)/C=C/c1ccccc1/C=C/Cc1ccccc1.O=C(O)/C=C/c1ccccc1C/C=C/c1ccccc1. The summed E-state index contributed by atoms with van der Waals surface area (Å²) in [5, 5.41) is 17.4. The Morgan fingerprint density at radius 3 is 1.60 bits per heavy atom. The fraction of sp³-hybridized carbons (Fsp3) is 0.0556. The fourth-order valence-electron chi connectivity index (χ4n) is 3.84. The van der Waals surface area contributed by atoms with Crippen LogP contribution in [0.25, 0.3) is 24.3 Å². The van der Waals surface area contributed by atoms with Crippen LogP contribution in [0.15, 0.2) is 133 Å². The van der Waals surface area contributed by atoms with Gasteiger partial charge in [-0.1, -0.05) is 133 Å². The minimum Gasteiger partial charge on any atom is -0.478 e. The molecule has 0 amide bonds. The van der Waals surface area contributed by atoms with E-state index in [-0.39, 0.29) is 0 Å². The lowest BCUT2D eigenvalue weighted by Gasteiger charge is -2.02. The van der Waals surface area contributed by atoms with Gasteiger partial charge < -0.3 is 10.2 Å². The van der Waals surface area contributed by atoms with E-state index < -0.39 is 11.9 Å². The Morgan fingerprint density at radius 1 is 0.500 bits per heavy atom. The molecule has 40 heavy (non-hydrogen) atoms. The monoisotopic (exact) mass is 528 g/mol. The topological polar surface area (TPSA) is 74.6 Å². The second-order valence-electron chi connectivity index (χ2n) is 8.78. The molecule has 4 rings (SSSR count). The van der Waals surface area contributed by atoms with Gasteiger partial charge in [-0.05, 0) is 58.4 Å². The molecule has 4 nitrogen and oxygen atoms in total. The van der Waals surface area contributed by atoms with Crippen molar-refractivity contribution in [1.29, 1.82) is 0 Å². The molecule has 0 aliphatic carbocycles. The van der Waals surface area contributed by atoms with Crippen molar-refractivity contribution in [3.05, 3.63) is 167 Å². The van der Waals surface area contributed by atoms with Crippen LogP contribution in [0.4, 0.5) is 0 Å². The van der Waals surface area contributed by atoms with E-state index >= 15 is 0 Å². The lowest BCUT2D eigenvalue weighted by Crippen LogP contribution is -1.89. The second kappa shape index (κ2) is 16.6. The zero-order valence-electron chi connectivity index (χ0n) is 22.1. The molecule has 0 fully saturated rings. The molecule has 0 saturated carbocycles. The van der Waals surface area contributed by atoms with Gasteiger partial charge in [0.2, 0.25) is 0 Å². The van der Waals surface area contributed by atoms with Crippen LogP contribution in [0.1, 0.15) is 33.4 Å². The molecule has 4 heteroatoms. The zero-order valence-corrected chi connectivity index (χ0v) is 22.1. The van der Waals surface area contributed by atoms with E-state index in [1.165, 1.54) is 11.6 Å². The van der Waals surface area contributed by atoms with Crippen LogP contribution in [-0.2, 0) is 22.4 Å². The first-order valence-electron chi connectivity index (χ1n) is 12.9. The predicted octanol–water partition coefficient (Wildman–Crippen LogP) is 8.08. The van der Waals surface area contributed by atoms with Crippen molar-refractivity contribution in [2.75, 3.05) is 0 Å². The standard InChI is InChI=1S/2C18H16O2/c2*19-18(20)14-13-17-11-5-4-10-16(17)12-6-9-15-7-2-1-3-8-15/h1-8,10-14H,9H2,(H,19,20);1-11,13-14H,12H2,(H,19,20)/b12-6+,14-13+;9-6+,14-13+. The number of carboxylic acids is 2. The van der Waals surface area contributed by atoms with Crippen molar-refractivity contribution in [3.8, 4) is 0 Å². The molecule has 0 aromatic heterocycles. The Balaban J connectivity index is 0.000000220. The lowest BCUT2D eigenvalue weighted by molar-refractivity contribution is -0.132. The molecule has 4 aromatic carbocycles. The second-order valence-corrected chi connectivity index (χ2v) is 8.78. The van der Waals surface area contributed by atoms with E-state index in [9.17, 15) is 9.59 Å². The fourth-order valence-corrected chi connectivity index (χ4v) is 3.84. The largest absolute Gasteiger partial charge is 0.478 e. The van der Waals surface area contributed by atoms with E-state index in [4.69, 9.17) is 10.2 Å². The number of benzene rings is 4. The molecule has 0 aliphatic rings. The number of carbonyl (C=O) groups is 2. The normalized spacial score (nSPS) is 11.2. The first kappa shape index (κ1) is 29.3. The van der Waals surface area contributed by atoms with Gasteiger partial charge in [0.15, 0.2) is 0 Å². The van der Waals surface area contributed by atoms with Crippen molar-refractivity contribution in [2.45, 2.75) is 12.8 Å². The number of aliphatic carboxylic acids is 2. The molecule has 0 atom stereocenters. The highest BCUT2D eigenvalue weighted by Crippen LogP contribution is 2.14. The molecule has 0 bridgehead atoms. The van der Waals surface area contributed by atoms with Crippen molar-refractivity contribution < 1.29 is 19.8 Å². The summed E-state index contributed by atoms with van der Waals surface area (Å²) < 4.78 is 0. The van der Waals surface area contributed by atoms with Crippen LogP contribution in [0, 0.1) is 0 Å². The van der Waals surface area contributed by atoms with Crippen LogP contribution in [0.3, 0.4) is 0 Å². The number of hydrogen-bond donors (Lipinski definition) is 2. The molecular formula is C36H32O4. The van der Waals surface area contributed by atoms with Crippen molar-refractivity contribution in [3.63, 3.8) is 0 Å². The van der Waals surface area contributed by atoms with Crippen molar-refractivity contribution >= 4 is 36.2 Å². The zero-order chi connectivity index (χ0) is 28.4. The van der Waals surface area contributed by atoms with Gasteiger partial charge in [0.1, 0.15) is 0 Å². The minimum absolute atomic E-state index is 0.773. The Morgan fingerprint density at radius 2 is 0.975 bits per heavy atom. The third kappa shape index (κ3) is 11.0. The number of rotatable bonds is 10. The number of carboxylic acid groups (broad SMARTS) is 2. The van der Waals surface area contributed by atoms with E-state index in [0.717, 1.165) is 46.7 Å². The predicted molar refractivity (Wildman–Crippen MR) is 165 cm³/mol. The third-order valence-corrected chi connectivity index (χ3v) is 5.80. The molecule has 200 valence electrons. The summed E-state index contributed by atoms with van der Waals surface area (Å²) in [7, 11) is 0. The molecule has 0 spiro atoms. The molecule has 0 radical (unpaired) electrons. The van der Waals surface area contributed by atoms with Crippen LogP contribution < -0.4 is 0 Å². The van der Waals surface area contributed by atoms with E-state index in [2.05, 4.69) is 30.4 Å². The van der Waals surface area contributed by atoms with Gasteiger partial charge in [0.05, 0.1) is 0 Å². The molecule has 4 aromatic rings. The first-order chi connectivity index (χ1) is 19.5. The smallest absolute Gasteiger partial charge is 0.328 e. The van der Waals surface area contributed by atoms with Crippen molar-refractivity contribution in [2.24, 2.45) is 0 Å². The van der Waals surface area contributed by atoms with Crippen LogP contribution in [0.2, 0.25) is 0 Å². The van der Waals surface area contributed by atoms with Crippen LogP contribution in [-0.4, -0.2) is 22.2 Å². The van der Waals surface area contributed by atoms with Gasteiger partial charge in [-0.3, -0.25) is 0 Å².